The molecule has 3 nitrogen and oxygen atoms in total. The van der Waals surface area contributed by atoms with Crippen LogP contribution in [0.25, 0.3) is 0 Å². The van der Waals surface area contributed by atoms with Crippen LogP contribution in [0.3, 0.4) is 0 Å². The molecule has 1 aromatic carbocycles. The topological polar surface area (TPSA) is 49.7 Å². The van der Waals surface area contributed by atoms with Gasteiger partial charge in [-0.3, -0.25) is 0 Å². The van der Waals surface area contributed by atoms with Crippen molar-refractivity contribution in [2.24, 2.45) is 0 Å². The molecule has 0 aliphatic heterocycles. The lowest BCUT2D eigenvalue weighted by Crippen LogP contribution is -2.16. The number of phenols is 1. The molecule has 0 amide bonds. The lowest BCUT2D eigenvalue weighted by molar-refractivity contribution is 0.0647. The van der Waals surface area contributed by atoms with Crippen LogP contribution in [0.2, 0.25) is 0 Å². The molecule has 13 heavy (non-hydrogen) atoms. The lowest BCUT2D eigenvalue weighted by Gasteiger charge is -2.09. The molecule has 0 aliphatic carbocycles. The summed E-state index contributed by atoms with van der Waals surface area (Å²) >= 11 is 0. The molecular formula is C10H14O3. The Morgan fingerprint density at radius 1 is 1.38 bits per heavy atom. The highest BCUT2D eigenvalue weighted by Gasteiger charge is 2.07. The lowest BCUT2D eigenvalue weighted by atomic mass is 10.1. The number of aromatic hydroxyl groups is 1. The van der Waals surface area contributed by atoms with E-state index in [1.807, 2.05) is 6.07 Å². The van der Waals surface area contributed by atoms with Gasteiger partial charge in [-0.1, -0.05) is 18.2 Å². The van der Waals surface area contributed by atoms with Gasteiger partial charge in [0.25, 0.3) is 0 Å². The maximum absolute atomic E-state index is 9.39. The average Bonchev–Trinajstić information content (AvgIpc) is 2.09. The molecule has 1 rings (SSSR count). The van der Waals surface area contributed by atoms with Gasteiger partial charge >= 0.3 is 0 Å². The number of hydrogen-bond donors (Lipinski definition) is 2. The summed E-state index contributed by atoms with van der Waals surface area (Å²) in [4.78, 5) is 0. The molecule has 0 spiro atoms. The van der Waals surface area contributed by atoms with Crippen LogP contribution in [-0.2, 0) is 11.2 Å². The number of aliphatic hydroxyl groups excluding tert-OH is 1. The Morgan fingerprint density at radius 3 is 2.69 bits per heavy atom. The second-order valence-corrected chi connectivity index (χ2v) is 2.94. The minimum Gasteiger partial charge on any atom is -0.508 e. The summed E-state index contributed by atoms with van der Waals surface area (Å²) in [5, 5.41) is 18.8. The van der Waals surface area contributed by atoms with E-state index in [1.165, 1.54) is 7.11 Å². The number of para-hydroxylation sites is 1. The summed E-state index contributed by atoms with van der Waals surface area (Å²) in [5.74, 6) is 0.220. The van der Waals surface area contributed by atoms with Crippen molar-refractivity contribution >= 4 is 0 Å². The van der Waals surface area contributed by atoms with Gasteiger partial charge in [0.1, 0.15) is 5.75 Å². The van der Waals surface area contributed by atoms with E-state index in [4.69, 9.17) is 4.74 Å². The number of ether oxygens (including phenoxy) is 1. The standard InChI is InChI=1S/C10H14O3/c1-13-7-9(11)6-8-4-2-3-5-10(8)12/h2-5,9,11-12H,6-7H2,1H3. The van der Waals surface area contributed by atoms with Gasteiger partial charge in [-0.05, 0) is 11.6 Å². The van der Waals surface area contributed by atoms with E-state index >= 15 is 0 Å². The Labute approximate surface area is 77.6 Å². The Balaban J connectivity index is 2.58. The zero-order valence-corrected chi connectivity index (χ0v) is 7.60. The molecule has 0 saturated heterocycles. The molecule has 1 unspecified atom stereocenters. The minimum absolute atomic E-state index is 0.220. The second-order valence-electron chi connectivity index (χ2n) is 2.94. The first-order valence-corrected chi connectivity index (χ1v) is 4.18. The largest absolute Gasteiger partial charge is 0.508 e. The maximum Gasteiger partial charge on any atom is 0.118 e. The van der Waals surface area contributed by atoms with Crippen molar-refractivity contribution in [1.82, 2.24) is 0 Å². The summed E-state index contributed by atoms with van der Waals surface area (Å²) < 4.78 is 4.78. The van der Waals surface area contributed by atoms with Gasteiger partial charge in [0.05, 0.1) is 12.7 Å². The Bertz CT molecular complexity index is 260. The third-order valence-electron chi connectivity index (χ3n) is 1.81. The van der Waals surface area contributed by atoms with E-state index in [0.29, 0.717) is 6.42 Å². The van der Waals surface area contributed by atoms with Crippen LogP contribution in [0.5, 0.6) is 5.75 Å². The molecule has 0 aliphatic rings. The van der Waals surface area contributed by atoms with E-state index in [9.17, 15) is 10.2 Å². The molecule has 0 heterocycles. The predicted octanol–water partition coefficient (Wildman–Crippen LogP) is 0.942. The summed E-state index contributed by atoms with van der Waals surface area (Å²) in [6, 6.07) is 6.97. The van der Waals surface area contributed by atoms with E-state index in [2.05, 4.69) is 0 Å². The van der Waals surface area contributed by atoms with Gasteiger partial charge in [0.15, 0.2) is 0 Å². The maximum atomic E-state index is 9.39. The van der Waals surface area contributed by atoms with Crippen molar-refractivity contribution < 1.29 is 14.9 Å². The van der Waals surface area contributed by atoms with Crippen LogP contribution in [0.4, 0.5) is 0 Å². The van der Waals surface area contributed by atoms with Crippen molar-refractivity contribution in [1.29, 1.82) is 0 Å². The number of benzene rings is 1. The van der Waals surface area contributed by atoms with Crippen molar-refractivity contribution in [3.8, 4) is 5.75 Å². The summed E-state index contributed by atoms with van der Waals surface area (Å²) in [6.45, 7) is 0.286. The Kier molecular flexibility index (Phi) is 3.73. The van der Waals surface area contributed by atoms with Gasteiger partial charge in [0.2, 0.25) is 0 Å². The molecule has 0 bridgehead atoms. The molecule has 1 atom stereocenters. The van der Waals surface area contributed by atoms with Gasteiger partial charge in [-0.15, -0.1) is 0 Å². The van der Waals surface area contributed by atoms with Crippen LogP contribution in [0, 0.1) is 0 Å². The van der Waals surface area contributed by atoms with Gasteiger partial charge < -0.3 is 14.9 Å². The number of methoxy groups -OCH3 is 1. The van der Waals surface area contributed by atoms with Crippen molar-refractivity contribution in [3.05, 3.63) is 29.8 Å². The average molecular weight is 182 g/mol. The molecule has 0 radical (unpaired) electrons. The number of hydrogen-bond acceptors (Lipinski definition) is 3. The zero-order valence-electron chi connectivity index (χ0n) is 7.60. The smallest absolute Gasteiger partial charge is 0.118 e. The Hall–Kier alpha value is -1.06. The fourth-order valence-electron chi connectivity index (χ4n) is 1.19. The number of rotatable bonds is 4. The fraction of sp³-hybridized carbons (Fsp3) is 0.400. The van der Waals surface area contributed by atoms with Crippen molar-refractivity contribution in [2.45, 2.75) is 12.5 Å². The number of aliphatic hydroxyl groups is 1. The third-order valence-corrected chi connectivity index (χ3v) is 1.81. The minimum atomic E-state index is -0.557. The van der Waals surface area contributed by atoms with Crippen LogP contribution in [0.1, 0.15) is 5.56 Å². The molecule has 0 fully saturated rings. The second kappa shape index (κ2) is 4.84. The highest BCUT2D eigenvalue weighted by atomic mass is 16.5. The molecule has 0 aromatic heterocycles. The van der Waals surface area contributed by atoms with Crippen LogP contribution in [0.15, 0.2) is 24.3 Å². The molecule has 1 aromatic rings. The number of phenolic OH excluding ortho intramolecular Hbond substituents is 1. The fourth-order valence-corrected chi connectivity index (χ4v) is 1.19. The zero-order chi connectivity index (χ0) is 9.68. The summed E-state index contributed by atoms with van der Waals surface area (Å²) in [6.07, 6.45) is -0.140. The monoisotopic (exact) mass is 182 g/mol. The van der Waals surface area contributed by atoms with E-state index < -0.39 is 6.10 Å². The molecule has 3 heteroatoms. The highest BCUT2D eigenvalue weighted by Crippen LogP contribution is 2.17. The Morgan fingerprint density at radius 2 is 2.08 bits per heavy atom. The summed E-state index contributed by atoms with van der Waals surface area (Å²) in [5.41, 5.74) is 0.743. The SMILES string of the molecule is COCC(O)Cc1ccccc1O. The van der Waals surface area contributed by atoms with E-state index in [-0.39, 0.29) is 12.4 Å². The van der Waals surface area contributed by atoms with Crippen LogP contribution >= 0.6 is 0 Å². The van der Waals surface area contributed by atoms with E-state index in [0.717, 1.165) is 5.56 Å². The molecule has 0 saturated carbocycles. The van der Waals surface area contributed by atoms with Crippen LogP contribution < -0.4 is 0 Å². The van der Waals surface area contributed by atoms with Crippen molar-refractivity contribution in [2.75, 3.05) is 13.7 Å². The summed E-state index contributed by atoms with van der Waals surface area (Å²) in [7, 11) is 1.54. The third kappa shape index (κ3) is 3.05. The first-order valence-electron chi connectivity index (χ1n) is 4.18. The van der Waals surface area contributed by atoms with Gasteiger partial charge in [-0.2, -0.15) is 0 Å². The predicted molar refractivity (Wildman–Crippen MR) is 49.7 cm³/mol. The normalized spacial score (nSPS) is 12.8. The van der Waals surface area contributed by atoms with E-state index in [1.54, 1.807) is 18.2 Å². The van der Waals surface area contributed by atoms with Gasteiger partial charge in [0, 0.05) is 13.5 Å². The molecular weight excluding hydrogens is 168 g/mol. The highest BCUT2D eigenvalue weighted by molar-refractivity contribution is 5.32. The van der Waals surface area contributed by atoms with Crippen LogP contribution in [-0.4, -0.2) is 30.0 Å². The first kappa shape index (κ1) is 10.0. The van der Waals surface area contributed by atoms with Gasteiger partial charge in [-0.25, -0.2) is 0 Å². The molecule has 2 N–H and O–H groups in total. The molecule has 72 valence electrons. The first-order chi connectivity index (χ1) is 6.24. The van der Waals surface area contributed by atoms with Crippen molar-refractivity contribution in [3.63, 3.8) is 0 Å². The quantitative estimate of drug-likeness (QED) is 0.728.